The first kappa shape index (κ1) is 22.1. The highest BCUT2D eigenvalue weighted by Crippen LogP contribution is 2.59. The Bertz CT molecular complexity index is 975. The van der Waals surface area contributed by atoms with E-state index in [2.05, 4.69) is 91.0 Å². The van der Waals surface area contributed by atoms with Crippen molar-refractivity contribution in [2.75, 3.05) is 12.8 Å². The Morgan fingerprint density at radius 2 is 1.07 bits per heavy atom. The maximum atomic E-state index is 6.48. The third kappa shape index (κ3) is 4.14. The summed E-state index contributed by atoms with van der Waals surface area (Å²) >= 11 is 0. The summed E-state index contributed by atoms with van der Waals surface area (Å²) in [7, 11) is -0.288. The van der Waals surface area contributed by atoms with Crippen molar-refractivity contribution < 1.29 is 21.7 Å². The lowest BCUT2D eigenvalue weighted by molar-refractivity contribution is -0.00000596. The van der Waals surface area contributed by atoms with Crippen molar-refractivity contribution in [3.63, 3.8) is 0 Å². The third-order valence-electron chi connectivity index (χ3n) is 5.38. The average Bonchev–Trinajstić information content (AvgIpc) is 2.80. The Kier molecular flexibility index (Phi) is 7.31. The minimum atomic E-state index is -2.00. The minimum absolute atomic E-state index is 0. The summed E-state index contributed by atoms with van der Waals surface area (Å²) in [5.41, 5.74) is 8.32. The smallest absolute Gasteiger partial charge is 0.127 e. The SMILES string of the molecule is COc1cccc(N)c1C[P+](c1ccccc1)(c1ccccc1)c1ccccc1.[Br-]. The van der Waals surface area contributed by atoms with E-state index in [9.17, 15) is 0 Å². The zero-order chi connectivity index (χ0) is 20.1. The van der Waals surface area contributed by atoms with E-state index in [1.165, 1.54) is 15.9 Å². The molecule has 0 heterocycles. The Labute approximate surface area is 189 Å². The van der Waals surface area contributed by atoms with Gasteiger partial charge in [-0.15, -0.1) is 0 Å². The van der Waals surface area contributed by atoms with Crippen molar-refractivity contribution in [2.24, 2.45) is 0 Å². The van der Waals surface area contributed by atoms with Gasteiger partial charge >= 0.3 is 0 Å². The molecule has 4 heteroatoms. The molecular formula is C26H25BrNOP. The molecule has 0 saturated carbocycles. The number of methoxy groups -OCH3 is 1. The monoisotopic (exact) mass is 477 g/mol. The zero-order valence-electron chi connectivity index (χ0n) is 16.9. The normalized spacial score (nSPS) is 10.8. The topological polar surface area (TPSA) is 35.2 Å². The molecule has 4 rings (SSSR count). The van der Waals surface area contributed by atoms with Gasteiger partial charge in [0.2, 0.25) is 0 Å². The van der Waals surface area contributed by atoms with Crippen LogP contribution in [0, 0.1) is 0 Å². The molecule has 0 aliphatic carbocycles. The molecule has 0 aliphatic rings. The molecular weight excluding hydrogens is 453 g/mol. The van der Waals surface area contributed by atoms with Crippen LogP contribution in [0.25, 0.3) is 0 Å². The van der Waals surface area contributed by atoms with Gasteiger partial charge in [-0.2, -0.15) is 0 Å². The van der Waals surface area contributed by atoms with Gasteiger partial charge in [-0.25, -0.2) is 0 Å². The number of benzene rings is 4. The van der Waals surface area contributed by atoms with Crippen molar-refractivity contribution in [3.05, 3.63) is 115 Å². The molecule has 0 bridgehead atoms. The molecule has 0 aromatic heterocycles. The number of nitrogen functional groups attached to an aromatic ring is 1. The van der Waals surface area contributed by atoms with E-state index >= 15 is 0 Å². The van der Waals surface area contributed by atoms with Crippen LogP contribution in [-0.2, 0) is 6.16 Å². The quantitative estimate of drug-likeness (QED) is 0.339. The molecule has 4 aromatic rings. The first-order valence-electron chi connectivity index (χ1n) is 9.72. The van der Waals surface area contributed by atoms with Crippen LogP contribution in [0.2, 0.25) is 0 Å². The summed E-state index contributed by atoms with van der Waals surface area (Å²) in [6, 6.07) is 38.4. The van der Waals surface area contributed by atoms with E-state index in [-0.39, 0.29) is 17.0 Å². The molecule has 0 atom stereocenters. The lowest BCUT2D eigenvalue weighted by Gasteiger charge is -2.28. The second-order valence-corrected chi connectivity index (χ2v) is 10.5. The molecule has 0 fully saturated rings. The van der Waals surface area contributed by atoms with E-state index < -0.39 is 7.26 Å². The van der Waals surface area contributed by atoms with Crippen LogP contribution in [0.15, 0.2) is 109 Å². The highest BCUT2D eigenvalue weighted by atomic mass is 79.9. The number of hydrogen-bond acceptors (Lipinski definition) is 2. The van der Waals surface area contributed by atoms with Crippen molar-refractivity contribution >= 4 is 28.9 Å². The van der Waals surface area contributed by atoms with Gasteiger partial charge in [-0.1, -0.05) is 60.7 Å². The highest BCUT2D eigenvalue weighted by Gasteiger charge is 2.46. The maximum Gasteiger partial charge on any atom is 0.127 e. The van der Waals surface area contributed by atoms with E-state index in [4.69, 9.17) is 10.5 Å². The molecule has 0 unspecified atom stereocenters. The molecule has 152 valence electrons. The highest BCUT2D eigenvalue weighted by molar-refractivity contribution is 7.95. The van der Waals surface area contributed by atoms with Gasteiger partial charge < -0.3 is 27.5 Å². The molecule has 0 aliphatic heterocycles. The first-order chi connectivity index (χ1) is 14.3. The number of anilines is 1. The van der Waals surface area contributed by atoms with Crippen molar-refractivity contribution in [2.45, 2.75) is 6.16 Å². The van der Waals surface area contributed by atoms with Crippen molar-refractivity contribution in [1.29, 1.82) is 0 Å². The minimum Gasteiger partial charge on any atom is -1.00 e. The Morgan fingerprint density at radius 1 is 0.633 bits per heavy atom. The van der Waals surface area contributed by atoms with Gasteiger partial charge in [0.1, 0.15) is 35.1 Å². The fourth-order valence-corrected chi connectivity index (χ4v) is 8.25. The van der Waals surface area contributed by atoms with Crippen LogP contribution in [0.5, 0.6) is 5.75 Å². The molecule has 0 radical (unpaired) electrons. The van der Waals surface area contributed by atoms with Crippen molar-refractivity contribution in [3.8, 4) is 5.75 Å². The predicted octanol–water partition coefficient (Wildman–Crippen LogP) is 1.78. The molecule has 0 amide bonds. The van der Waals surface area contributed by atoms with Crippen LogP contribution in [0.1, 0.15) is 5.56 Å². The summed E-state index contributed by atoms with van der Waals surface area (Å²) in [5, 5.41) is 4.01. The summed E-state index contributed by atoms with van der Waals surface area (Å²) in [4.78, 5) is 0. The number of halogens is 1. The maximum absolute atomic E-state index is 6.48. The second kappa shape index (κ2) is 9.93. The summed E-state index contributed by atoms with van der Waals surface area (Å²) in [6.07, 6.45) is 0.806. The van der Waals surface area contributed by atoms with Gasteiger partial charge in [0.15, 0.2) is 0 Å². The van der Waals surface area contributed by atoms with Crippen LogP contribution in [-0.4, -0.2) is 7.11 Å². The Balaban J connectivity index is 0.00000256. The summed E-state index contributed by atoms with van der Waals surface area (Å²) < 4.78 is 5.72. The van der Waals surface area contributed by atoms with Gasteiger partial charge in [0.25, 0.3) is 0 Å². The molecule has 2 nitrogen and oxygen atoms in total. The van der Waals surface area contributed by atoms with Gasteiger partial charge in [0, 0.05) is 5.69 Å². The average molecular weight is 478 g/mol. The summed E-state index contributed by atoms with van der Waals surface area (Å²) in [5.74, 6) is 0.845. The van der Waals surface area contributed by atoms with Gasteiger partial charge in [-0.05, 0) is 48.5 Å². The number of hydrogen-bond donors (Lipinski definition) is 1. The van der Waals surface area contributed by atoms with Crippen molar-refractivity contribution in [1.82, 2.24) is 0 Å². The Hall–Kier alpha value is -2.61. The van der Waals surface area contributed by atoms with Crippen LogP contribution >= 0.6 is 7.26 Å². The fraction of sp³-hybridized carbons (Fsp3) is 0.0769. The number of ether oxygens (including phenoxy) is 1. The largest absolute Gasteiger partial charge is 1.00 e. The standard InChI is InChI=1S/C26H25NOP.BrH/c1-28-26-19-11-18-25(27)24(26)20-29(21-12-5-2-6-13-21,22-14-7-3-8-15-22)23-16-9-4-10-17-23;/h2-19H,20,27H2,1H3;1H/q+1;/p-1. The van der Waals surface area contributed by atoms with E-state index in [0.717, 1.165) is 23.2 Å². The molecule has 0 spiro atoms. The lowest BCUT2D eigenvalue weighted by Crippen LogP contribution is -3.00. The van der Waals surface area contributed by atoms with Crippen LogP contribution in [0.3, 0.4) is 0 Å². The van der Waals surface area contributed by atoms with Crippen LogP contribution in [0.4, 0.5) is 5.69 Å². The van der Waals surface area contributed by atoms with Gasteiger partial charge in [0.05, 0.1) is 12.7 Å². The third-order valence-corrected chi connectivity index (χ3v) is 9.71. The molecule has 4 aromatic carbocycles. The Morgan fingerprint density at radius 3 is 1.47 bits per heavy atom. The first-order valence-corrected chi connectivity index (χ1v) is 11.7. The predicted molar refractivity (Wildman–Crippen MR) is 126 cm³/mol. The van der Waals surface area contributed by atoms with E-state index in [1.807, 2.05) is 18.2 Å². The second-order valence-electron chi connectivity index (χ2n) is 7.00. The lowest BCUT2D eigenvalue weighted by atomic mass is 10.2. The summed E-state index contributed by atoms with van der Waals surface area (Å²) in [6.45, 7) is 0. The molecule has 0 saturated heterocycles. The van der Waals surface area contributed by atoms with E-state index in [0.29, 0.717) is 0 Å². The zero-order valence-corrected chi connectivity index (χ0v) is 19.4. The molecule has 2 N–H and O–H groups in total. The molecule has 30 heavy (non-hydrogen) atoms. The number of rotatable bonds is 6. The van der Waals surface area contributed by atoms with Crippen LogP contribution < -0.4 is 43.4 Å². The number of nitrogens with two attached hydrogens (primary N) is 1. The van der Waals surface area contributed by atoms with E-state index in [1.54, 1.807) is 7.11 Å². The van der Waals surface area contributed by atoms with Gasteiger partial charge in [-0.3, -0.25) is 0 Å². The fourth-order valence-electron chi connectivity index (χ4n) is 3.95.